The zero-order chi connectivity index (χ0) is 19.2. The summed E-state index contributed by atoms with van der Waals surface area (Å²) in [5, 5.41) is 3.86. The second kappa shape index (κ2) is 9.19. The van der Waals surface area contributed by atoms with Crippen molar-refractivity contribution in [2.24, 2.45) is 0 Å². The fraction of sp³-hybridized carbons (Fsp3) is 0.250. The Morgan fingerprint density at radius 3 is 2.74 bits per heavy atom. The smallest absolute Gasteiger partial charge is 0.246 e. The van der Waals surface area contributed by atoms with Crippen molar-refractivity contribution >= 4 is 33.6 Å². The van der Waals surface area contributed by atoms with Gasteiger partial charge in [-0.15, -0.1) is 11.8 Å². The Morgan fingerprint density at radius 2 is 2.00 bits per heavy atom. The van der Waals surface area contributed by atoms with E-state index in [1.165, 1.54) is 5.56 Å². The number of amides is 1. The quantitative estimate of drug-likeness (QED) is 0.523. The van der Waals surface area contributed by atoms with Gasteiger partial charge in [0.05, 0.1) is 11.8 Å². The molecule has 1 aromatic heterocycles. The van der Waals surface area contributed by atoms with E-state index in [2.05, 4.69) is 38.2 Å². The van der Waals surface area contributed by atoms with Gasteiger partial charge in [0, 0.05) is 22.8 Å². The third-order valence-corrected chi connectivity index (χ3v) is 5.69. The van der Waals surface area contributed by atoms with Crippen molar-refractivity contribution in [2.45, 2.75) is 24.5 Å². The van der Waals surface area contributed by atoms with E-state index in [9.17, 15) is 4.79 Å². The molecule has 0 fully saturated rings. The van der Waals surface area contributed by atoms with Crippen LogP contribution < -0.4 is 0 Å². The molecule has 0 aliphatic carbocycles. The van der Waals surface area contributed by atoms with Crippen LogP contribution in [0.2, 0.25) is 0 Å². The first-order valence-electron chi connectivity index (χ1n) is 8.52. The first-order valence-corrected chi connectivity index (χ1v) is 10.4. The number of hydrogen-bond donors (Lipinski definition) is 0. The highest BCUT2D eigenvalue weighted by molar-refractivity contribution is 9.10. The van der Waals surface area contributed by atoms with Gasteiger partial charge in [0.1, 0.15) is 0 Å². The maximum absolute atomic E-state index is 12.6. The number of carbonyl (C=O) groups is 1. The average molecular weight is 446 g/mol. The van der Waals surface area contributed by atoms with Gasteiger partial charge in [-0.05, 0) is 24.6 Å². The van der Waals surface area contributed by atoms with Gasteiger partial charge in [0.15, 0.2) is 0 Å². The molecule has 3 aromatic rings. The number of benzene rings is 2. The molecule has 1 heterocycles. The Labute approximate surface area is 171 Å². The molecule has 7 heteroatoms. The summed E-state index contributed by atoms with van der Waals surface area (Å²) in [6.07, 6.45) is 0. The molecule has 0 saturated heterocycles. The van der Waals surface area contributed by atoms with Gasteiger partial charge in [0.25, 0.3) is 0 Å². The molecule has 0 spiro atoms. The number of rotatable bonds is 7. The molecule has 140 valence electrons. The number of aromatic nitrogens is 2. The molecular weight excluding hydrogens is 426 g/mol. The van der Waals surface area contributed by atoms with E-state index >= 15 is 0 Å². The monoisotopic (exact) mass is 445 g/mol. The lowest BCUT2D eigenvalue weighted by Crippen LogP contribution is -2.33. The summed E-state index contributed by atoms with van der Waals surface area (Å²) in [7, 11) is 1.75. The molecule has 5 nitrogen and oxygen atoms in total. The fourth-order valence-electron chi connectivity index (χ4n) is 2.52. The molecule has 0 aliphatic rings. The molecule has 0 N–H and O–H groups in total. The van der Waals surface area contributed by atoms with Gasteiger partial charge in [0.2, 0.25) is 17.6 Å². The Morgan fingerprint density at radius 1 is 1.22 bits per heavy atom. The number of halogens is 1. The van der Waals surface area contributed by atoms with Crippen LogP contribution in [0.3, 0.4) is 0 Å². The first-order chi connectivity index (χ1) is 13.0. The minimum atomic E-state index is -0.150. The highest BCUT2D eigenvalue weighted by Gasteiger charge is 2.20. The molecule has 27 heavy (non-hydrogen) atoms. The molecule has 1 atom stereocenters. The number of carbonyl (C=O) groups excluding carboxylic acids is 1. The van der Waals surface area contributed by atoms with E-state index in [0.29, 0.717) is 11.7 Å². The number of thioether (sulfide) groups is 1. The summed E-state index contributed by atoms with van der Waals surface area (Å²) in [6, 6.07) is 17.8. The lowest BCUT2D eigenvalue weighted by Gasteiger charge is -2.19. The molecule has 0 unspecified atom stereocenters. The van der Waals surface area contributed by atoms with E-state index < -0.39 is 0 Å². The Hall–Kier alpha value is -2.12. The SMILES string of the molecule is C[C@@H](SCc1ccccc1)C(=O)N(C)Cc1nc(-c2cccc(Br)c2)no1. The fourth-order valence-corrected chi connectivity index (χ4v) is 3.88. The van der Waals surface area contributed by atoms with Crippen LogP contribution in [0.25, 0.3) is 11.4 Å². The topological polar surface area (TPSA) is 59.2 Å². The molecule has 2 aromatic carbocycles. The summed E-state index contributed by atoms with van der Waals surface area (Å²) in [5.74, 6) is 1.77. The Balaban J connectivity index is 1.56. The minimum Gasteiger partial charge on any atom is -0.337 e. The molecule has 0 aliphatic heterocycles. The van der Waals surface area contributed by atoms with Crippen LogP contribution in [0.15, 0.2) is 63.6 Å². The third-order valence-electron chi connectivity index (χ3n) is 3.99. The van der Waals surface area contributed by atoms with Gasteiger partial charge in [-0.1, -0.05) is 63.6 Å². The largest absolute Gasteiger partial charge is 0.337 e. The normalized spacial score (nSPS) is 12.0. The maximum Gasteiger partial charge on any atom is 0.246 e. The molecule has 0 saturated carbocycles. The average Bonchev–Trinajstić information content (AvgIpc) is 3.15. The lowest BCUT2D eigenvalue weighted by molar-refractivity contribution is -0.129. The van der Waals surface area contributed by atoms with Gasteiger partial charge in [-0.2, -0.15) is 4.98 Å². The van der Waals surface area contributed by atoms with Gasteiger partial charge < -0.3 is 9.42 Å². The zero-order valence-electron chi connectivity index (χ0n) is 15.1. The first kappa shape index (κ1) is 19.6. The van der Waals surface area contributed by atoms with Gasteiger partial charge >= 0.3 is 0 Å². The van der Waals surface area contributed by atoms with Crippen molar-refractivity contribution in [1.82, 2.24) is 15.0 Å². The molecular formula is C20H20BrN3O2S. The highest BCUT2D eigenvalue weighted by atomic mass is 79.9. The van der Waals surface area contributed by atoms with Gasteiger partial charge in [-0.3, -0.25) is 4.79 Å². The number of nitrogens with zero attached hydrogens (tertiary/aromatic N) is 3. The maximum atomic E-state index is 12.6. The van der Waals surface area contributed by atoms with Crippen molar-refractivity contribution in [3.8, 4) is 11.4 Å². The minimum absolute atomic E-state index is 0.0399. The van der Waals surface area contributed by atoms with Crippen molar-refractivity contribution in [2.75, 3.05) is 7.05 Å². The number of hydrogen-bond acceptors (Lipinski definition) is 5. The van der Waals surface area contributed by atoms with Crippen LogP contribution in [0.1, 0.15) is 18.4 Å². The summed E-state index contributed by atoms with van der Waals surface area (Å²) in [4.78, 5) is 18.6. The van der Waals surface area contributed by atoms with Crippen LogP contribution in [-0.2, 0) is 17.1 Å². The van der Waals surface area contributed by atoms with Crippen molar-refractivity contribution in [3.05, 3.63) is 70.5 Å². The van der Waals surface area contributed by atoms with Gasteiger partial charge in [-0.25, -0.2) is 0 Å². The van der Waals surface area contributed by atoms with E-state index in [1.54, 1.807) is 23.7 Å². The summed E-state index contributed by atoms with van der Waals surface area (Å²) >= 11 is 5.05. The summed E-state index contributed by atoms with van der Waals surface area (Å²) < 4.78 is 6.26. The third kappa shape index (κ3) is 5.43. The Kier molecular flexibility index (Phi) is 6.68. The second-order valence-corrected chi connectivity index (χ2v) is 8.40. The van der Waals surface area contributed by atoms with Crippen molar-refractivity contribution in [1.29, 1.82) is 0 Å². The van der Waals surface area contributed by atoms with Crippen LogP contribution in [0.5, 0.6) is 0 Å². The second-order valence-electron chi connectivity index (χ2n) is 6.16. The van der Waals surface area contributed by atoms with E-state index in [4.69, 9.17) is 4.52 Å². The summed E-state index contributed by atoms with van der Waals surface area (Å²) in [6.45, 7) is 2.21. The Bertz CT molecular complexity index is 901. The van der Waals surface area contributed by atoms with Crippen LogP contribution in [0.4, 0.5) is 0 Å². The van der Waals surface area contributed by atoms with Crippen molar-refractivity contribution < 1.29 is 9.32 Å². The van der Waals surface area contributed by atoms with Crippen molar-refractivity contribution in [3.63, 3.8) is 0 Å². The molecule has 3 rings (SSSR count). The van der Waals surface area contributed by atoms with E-state index in [-0.39, 0.29) is 17.7 Å². The lowest BCUT2D eigenvalue weighted by atomic mass is 10.2. The predicted octanol–water partition coefficient (Wildman–Crippen LogP) is 4.78. The highest BCUT2D eigenvalue weighted by Crippen LogP contribution is 2.22. The van der Waals surface area contributed by atoms with E-state index in [0.717, 1.165) is 15.8 Å². The summed E-state index contributed by atoms with van der Waals surface area (Å²) in [5.41, 5.74) is 2.07. The standard InChI is InChI=1S/C20H20BrN3O2S/c1-14(27-13-15-7-4-3-5-8-15)20(25)24(2)12-18-22-19(23-26-18)16-9-6-10-17(21)11-16/h3-11,14H,12-13H2,1-2H3/t14-/m1/s1. The molecule has 0 radical (unpaired) electrons. The zero-order valence-corrected chi connectivity index (χ0v) is 17.5. The van der Waals surface area contributed by atoms with Crippen LogP contribution in [0, 0.1) is 0 Å². The van der Waals surface area contributed by atoms with Crippen LogP contribution in [-0.4, -0.2) is 33.2 Å². The molecule has 0 bridgehead atoms. The predicted molar refractivity (Wildman–Crippen MR) is 111 cm³/mol. The molecule has 1 amide bonds. The van der Waals surface area contributed by atoms with E-state index in [1.807, 2.05) is 49.4 Å². The van der Waals surface area contributed by atoms with Crippen LogP contribution >= 0.6 is 27.7 Å².